The topological polar surface area (TPSA) is 103 Å². The van der Waals surface area contributed by atoms with Crippen molar-refractivity contribution in [2.45, 2.75) is 31.3 Å². The summed E-state index contributed by atoms with van der Waals surface area (Å²) in [7, 11) is 0. The number of para-hydroxylation sites is 1. The summed E-state index contributed by atoms with van der Waals surface area (Å²) < 4.78 is 23.3. The number of benzene rings is 1. The standard InChI is InChI=1S/C24H21FN4O4/c25-14-32-19-6-2-1-4-17(19)16-12-27-23(28-13-16)29-21(30)15-7-9-24(10-8-15)18-5-3-11-26-20(18)22(31)33-24/h1-6,11-13,15H,7-10,14H2,(H,27,28,29,30). The summed E-state index contributed by atoms with van der Waals surface area (Å²) in [5.74, 6) is -0.234. The van der Waals surface area contributed by atoms with Gasteiger partial charge in [0.1, 0.15) is 11.4 Å². The molecule has 0 radical (unpaired) electrons. The van der Waals surface area contributed by atoms with Gasteiger partial charge in [-0.05, 0) is 37.8 Å². The maximum absolute atomic E-state index is 12.8. The number of carbonyl (C=O) groups is 2. The fourth-order valence-corrected chi connectivity index (χ4v) is 4.57. The van der Waals surface area contributed by atoms with Gasteiger partial charge >= 0.3 is 5.97 Å². The van der Waals surface area contributed by atoms with Crippen molar-refractivity contribution in [3.63, 3.8) is 0 Å². The number of amides is 1. The van der Waals surface area contributed by atoms with E-state index in [1.165, 1.54) is 0 Å². The van der Waals surface area contributed by atoms with E-state index in [0.717, 1.165) is 5.56 Å². The second-order valence-electron chi connectivity index (χ2n) is 8.09. The van der Waals surface area contributed by atoms with Crippen LogP contribution in [-0.4, -0.2) is 33.7 Å². The summed E-state index contributed by atoms with van der Waals surface area (Å²) in [6.07, 6.45) is 6.94. The predicted octanol–water partition coefficient (Wildman–Crippen LogP) is 4.04. The van der Waals surface area contributed by atoms with Gasteiger partial charge in [0, 0.05) is 41.2 Å². The van der Waals surface area contributed by atoms with E-state index in [0.29, 0.717) is 48.3 Å². The summed E-state index contributed by atoms with van der Waals surface area (Å²) >= 11 is 0. The van der Waals surface area contributed by atoms with Crippen LogP contribution in [0.4, 0.5) is 10.3 Å². The molecule has 0 unspecified atom stereocenters. The van der Waals surface area contributed by atoms with Crippen molar-refractivity contribution in [2.24, 2.45) is 5.92 Å². The Bertz CT molecular complexity index is 1190. The quantitative estimate of drug-likeness (QED) is 0.588. The number of esters is 1. The molecule has 1 saturated carbocycles. The van der Waals surface area contributed by atoms with Crippen molar-refractivity contribution >= 4 is 17.8 Å². The van der Waals surface area contributed by atoms with Gasteiger partial charge in [-0.15, -0.1) is 0 Å². The third-order valence-electron chi connectivity index (χ3n) is 6.24. The normalized spacial score (nSPS) is 21.4. The van der Waals surface area contributed by atoms with Gasteiger partial charge in [0.15, 0.2) is 5.69 Å². The zero-order valence-corrected chi connectivity index (χ0v) is 17.7. The van der Waals surface area contributed by atoms with E-state index >= 15 is 0 Å². The number of nitrogens with one attached hydrogen (secondary N) is 1. The highest BCUT2D eigenvalue weighted by molar-refractivity contribution is 5.93. The van der Waals surface area contributed by atoms with Gasteiger partial charge < -0.3 is 9.47 Å². The Balaban J connectivity index is 1.23. The van der Waals surface area contributed by atoms with Gasteiger partial charge in [-0.3, -0.25) is 10.1 Å². The summed E-state index contributed by atoms with van der Waals surface area (Å²) in [5, 5.41) is 2.76. The molecule has 5 rings (SSSR count). The number of ether oxygens (including phenoxy) is 2. The number of hydrogen-bond donors (Lipinski definition) is 1. The van der Waals surface area contributed by atoms with Crippen molar-refractivity contribution < 1.29 is 23.5 Å². The molecular weight excluding hydrogens is 427 g/mol. The summed E-state index contributed by atoms with van der Waals surface area (Å²) in [5.41, 5.74) is 1.79. The first-order valence-electron chi connectivity index (χ1n) is 10.7. The molecule has 1 spiro atoms. The first kappa shape index (κ1) is 21.0. The minimum atomic E-state index is -0.935. The molecule has 1 amide bonds. The lowest BCUT2D eigenvalue weighted by Gasteiger charge is -2.35. The van der Waals surface area contributed by atoms with Gasteiger partial charge in [-0.1, -0.05) is 24.3 Å². The van der Waals surface area contributed by atoms with Crippen LogP contribution in [0.5, 0.6) is 5.75 Å². The highest BCUT2D eigenvalue weighted by atomic mass is 19.1. The Hall–Kier alpha value is -3.88. The van der Waals surface area contributed by atoms with E-state index in [9.17, 15) is 14.0 Å². The second kappa shape index (κ2) is 8.57. The molecule has 1 aromatic carbocycles. The minimum absolute atomic E-state index is 0.172. The van der Waals surface area contributed by atoms with Crippen LogP contribution in [0.2, 0.25) is 0 Å². The van der Waals surface area contributed by atoms with E-state index in [-0.39, 0.29) is 17.8 Å². The predicted molar refractivity (Wildman–Crippen MR) is 116 cm³/mol. The summed E-state index contributed by atoms with van der Waals surface area (Å²) in [6.45, 7) is -0.935. The van der Waals surface area contributed by atoms with E-state index in [4.69, 9.17) is 9.47 Å². The Labute approximate surface area is 189 Å². The number of rotatable bonds is 5. The highest BCUT2D eigenvalue weighted by Gasteiger charge is 2.49. The molecule has 8 nitrogen and oxygen atoms in total. The van der Waals surface area contributed by atoms with Crippen LogP contribution >= 0.6 is 0 Å². The zero-order chi connectivity index (χ0) is 22.8. The molecule has 2 aromatic heterocycles. The molecule has 0 bridgehead atoms. The number of nitrogens with zero attached hydrogens (tertiary/aromatic N) is 3. The van der Waals surface area contributed by atoms with Crippen molar-refractivity contribution in [3.05, 3.63) is 66.2 Å². The Morgan fingerprint density at radius 3 is 2.64 bits per heavy atom. The third-order valence-corrected chi connectivity index (χ3v) is 6.24. The SMILES string of the molecule is O=C1OC2(CCC(C(=O)Nc3ncc(-c4ccccc4OCF)cn3)CC2)c2cccnc21. The molecule has 0 atom stereocenters. The number of hydrogen-bond acceptors (Lipinski definition) is 7. The third kappa shape index (κ3) is 3.90. The Morgan fingerprint density at radius 2 is 1.88 bits per heavy atom. The van der Waals surface area contributed by atoms with Gasteiger partial charge in [-0.25, -0.2) is 24.1 Å². The molecule has 1 fully saturated rings. The van der Waals surface area contributed by atoms with Crippen LogP contribution in [0.25, 0.3) is 11.1 Å². The largest absolute Gasteiger partial charge is 0.462 e. The minimum Gasteiger partial charge on any atom is -0.462 e. The number of alkyl halides is 1. The number of anilines is 1. The lowest BCUT2D eigenvalue weighted by molar-refractivity contribution is -0.122. The number of carbonyl (C=O) groups excluding carboxylic acids is 2. The lowest BCUT2D eigenvalue weighted by Crippen LogP contribution is -2.36. The fraction of sp³-hybridized carbons (Fsp3) is 0.292. The first-order chi connectivity index (χ1) is 16.1. The molecule has 3 heterocycles. The van der Waals surface area contributed by atoms with Crippen molar-refractivity contribution in [2.75, 3.05) is 12.2 Å². The molecule has 1 aliphatic heterocycles. The molecule has 0 saturated heterocycles. The number of halogens is 1. The lowest BCUT2D eigenvalue weighted by atomic mass is 9.75. The first-order valence-corrected chi connectivity index (χ1v) is 10.7. The van der Waals surface area contributed by atoms with Crippen LogP contribution in [0, 0.1) is 5.92 Å². The molecule has 3 aromatic rings. The highest BCUT2D eigenvalue weighted by Crippen LogP contribution is 2.47. The van der Waals surface area contributed by atoms with Crippen LogP contribution in [0.1, 0.15) is 41.7 Å². The van der Waals surface area contributed by atoms with Crippen molar-refractivity contribution in [3.8, 4) is 16.9 Å². The van der Waals surface area contributed by atoms with Crippen molar-refractivity contribution in [1.29, 1.82) is 0 Å². The summed E-state index contributed by atoms with van der Waals surface area (Å²) in [4.78, 5) is 37.6. The molecule has 168 valence electrons. The van der Waals surface area contributed by atoms with E-state index in [2.05, 4.69) is 20.3 Å². The molecule has 9 heteroatoms. The number of pyridine rings is 1. The monoisotopic (exact) mass is 448 g/mol. The van der Waals surface area contributed by atoms with Gasteiger partial charge in [-0.2, -0.15) is 0 Å². The summed E-state index contributed by atoms with van der Waals surface area (Å²) in [6, 6.07) is 10.7. The number of aromatic nitrogens is 3. The van der Waals surface area contributed by atoms with Crippen LogP contribution in [0.15, 0.2) is 55.0 Å². The van der Waals surface area contributed by atoms with Gasteiger partial charge in [0.2, 0.25) is 18.7 Å². The van der Waals surface area contributed by atoms with Gasteiger partial charge in [0.25, 0.3) is 0 Å². The average Bonchev–Trinajstić information content (AvgIpc) is 3.12. The van der Waals surface area contributed by atoms with Crippen LogP contribution in [0.3, 0.4) is 0 Å². The van der Waals surface area contributed by atoms with Crippen LogP contribution < -0.4 is 10.1 Å². The molecule has 2 aliphatic rings. The molecule has 1 N–H and O–H groups in total. The second-order valence-corrected chi connectivity index (χ2v) is 8.09. The fourth-order valence-electron chi connectivity index (χ4n) is 4.57. The maximum Gasteiger partial charge on any atom is 0.358 e. The van der Waals surface area contributed by atoms with Crippen molar-refractivity contribution in [1.82, 2.24) is 15.0 Å². The zero-order valence-electron chi connectivity index (χ0n) is 17.7. The molecular formula is C24H21FN4O4. The van der Waals surface area contributed by atoms with E-state index in [1.807, 2.05) is 12.1 Å². The van der Waals surface area contributed by atoms with E-state index < -0.39 is 18.4 Å². The average molecular weight is 448 g/mol. The van der Waals surface area contributed by atoms with E-state index in [1.54, 1.807) is 42.9 Å². The Kier molecular flexibility index (Phi) is 5.45. The molecule has 1 aliphatic carbocycles. The smallest absolute Gasteiger partial charge is 0.358 e. The van der Waals surface area contributed by atoms with Gasteiger partial charge in [0.05, 0.1) is 0 Å². The number of fused-ring (bicyclic) bond motifs is 2. The molecule has 33 heavy (non-hydrogen) atoms. The Morgan fingerprint density at radius 1 is 1.12 bits per heavy atom. The maximum atomic E-state index is 12.8. The van der Waals surface area contributed by atoms with Crippen LogP contribution in [-0.2, 0) is 15.1 Å².